The van der Waals surface area contributed by atoms with Gasteiger partial charge in [-0.05, 0) is 44.4 Å². The van der Waals surface area contributed by atoms with Crippen LogP contribution >= 0.6 is 0 Å². The highest BCUT2D eigenvalue weighted by Crippen LogP contribution is 2.40. The molecule has 2 rings (SSSR count). The molecule has 1 fully saturated rings. The molecule has 2 bridgehead atoms. The second kappa shape index (κ2) is 2.51. The van der Waals surface area contributed by atoms with Gasteiger partial charge in [-0.25, -0.2) is 0 Å². The first kappa shape index (κ1) is 7.15. The van der Waals surface area contributed by atoms with E-state index in [1.807, 2.05) is 0 Å². The predicted octanol–water partition coefficient (Wildman–Crippen LogP) is 3.31. The first-order chi connectivity index (χ1) is 5.24. The summed E-state index contributed by atoms with van der Waals surface area (Å²) in [6, 6.07) is 0. The van der Waals surface area contributed by atoms with E-state index in [2.05, 4.69) is 19.6 Å². The molecule has 2 aliphatic rings. The van der Waals surface area contributed by atoms with E-state index in [4.69, 9.17) is 0 Å². The Hall–Kier alpha value is -0.520. The van der Waals surface area contributed by atoms with Crippen molar-refractivity contribution in [3.63, 3.8) is 0 Å². The van der Waals surface area contributed by atoms with Crippen LogP contribution < -0.4 is 0 Å². The molecular formula is C11H16. The van der Waals surface area contributed by atoms with Gasteiger partial charge in [0.05, 0.1) is 0 Å². The van der Waals surface area contributed by atoms with E-state index in [0.29, 0.717) is 0 Å². The topological polar surface area (TPSA) is 0 Å². The minimum Gasteiger partial charge on any atom is -0.0998 e. The van der Waals surface area contributed by atoms with Gasteiger partial charge in [0, 0.05) is 0 Å². The van der Waals surface area contributed by atoms with Gasteiger partial charge < -0.3 is 0 Å². The molecule has 0 radical (unpaired) electrons. The highest BCUT2D eigenvalue weighted by Gasteiger charge is 2.26. The summed E-state index contributed by atoms with van der Waals surface area (Å²) in [5, 5.41) is 0. The Morgan fingerprint density at radius 2 is 2.18 bits per heavy atom. The van der Waals surface area contributed by atoms with Crippen LogP contribution in [0, 0.1) is 11.8 Å². The van der Waals surface area contributed by atoms with Crippen LogP contribution in [0.5, 0.6) is 0 Å². The summed E-state index contributed by atoms with van der Waals surface area (Å²) in [6.45, 7) is 6.36. The highest BCUT2D eigenvalue weighted by atomic mass is 14.3. The molecule has 1 saturated carbocycles. The number of rotatable bonds is 0. The monoisotopic (exact) mass is 148 g/mol. The molecular weight excluding hydrogens is 132 g/mol. The normalized spacial score (nSPS) is 36.8. The summed E-state index contributed by atoms with van der Waals surface area (Å²) in [7, 11) is 0. The molecule has 2 aliphatic carbocycles. The standard InChI is InChI=1S/C11H16/c1-8-3-10-5-9(2)6-11(4-8)7-10/h5,10-11H,1,3-4,6-7H2,2H3. The van der Waals surface area contributed by atoms with Gasteiger partial charge in [0.15, 0.2) is 0 Å². The first-order valence-electron chi connectivity index (χ1n) is 4.58. The van der Waals surface area contributed by atoms with Crippen molar-refractivity contribution in [3.8, 4) is 0 Å². The molecule has 0 spiro atoms. The third-order valence-electron chi connectivity index (χ3n) is 2.90. The zero-order chi connectivity index (χ0) is 7.84. The van der Waals surface area contributed by atoms with Crippen molar-refractivity contribution in [2.45, 2.75) is 32.6 Å². The smallest absolute Gasteiger partial charge is 0.0191 e. The van der Waals surface area contributed by atoms with Gasteiger partial charge in [0.25, 0.3) is 0 Å². The first-order valence-corrected chi connectivity index (χ1v) is 4.58. The molecule has 2 unspecified atom stereocenters. The van der Waals surface area contributed by atoms with Gasteiger partial charge in [-0.15, -0.1) is 0 Å². The van der Waals surface area contributed by atoms with Crippen molar-refractivity contribution in [2.75, 3.05) is 0 Å². The summed E-state index contributed by atoms with van der Waals surface area (Å²) in [5.41, 5.74) is 3.09. The van der Waals surface area contributed by atoms with Crippen LogP contribution in [0.25, 0.3) is 0 Å². The third-order valence-corrected chi connectivity index (χ3v) is 2.90. The number of allylic oxidation sites excluding steroid dienone is 3. The van der Waals surface area contributed by atoms with Crippen molar-refractivity contribution in [1.29, 1.82) is 0 Å². The van der Waals surface area contributed by atoms with E-state index in [9.17, 15) is 0 Å². The zero-order valence-electron chi connectivity index (χ0n) is 7.27. The van der Waals surface area contributed by atoms with Crippen molar-refractivity contribution in [1.82, 2.24) is 0 Å². The second-order valence-electron chi connectivity index (χ2n) is 4.24. The lowest BCUT2D eigenvalue weighted by Gasteiger charge is -2.33. The minimum atomic E-state index is 0.843. The van der Waals surface area contributed by atoms with E-state index in [1.165, 1.54) is 31.3 Å². The molecule has 0 aromatic heterocycles. The van der Waals surface area contributed by atoms with Gasteiger partial charge in [-0.2, -0.15) is 0 Å². The van der Waals surface area contributed by atoms with Crippen LogP contribution in [0.3, 0.4) is 0 Å². The third kappa shape index (κ3) is 1.40. The Morgan fingerprint density at radius 1 is 1.36 bits per heavy atom. The number of hydrogen-bond donors (Lipinski definition) is 0. The molecule has 0 aromatic rings. The van der Waals surface area contributed by atoms with Crippen LogP contribution in [0.15, 0.2) is 23.8 Å². The van der Waals surface area contributed by atoms with E-state index < -0.39 is 0 Å². The fraction of sp³-hybridized carbons (Fsp3) is 0.636. The summed E-state index contributed by atoms with van der Waals surface area (Å²) < 4.78 is 0. The minimum absolute atomic E-state index is 0.843. The van der Waals surface area contributed by atoms with Gasteiger partial charge in [0.2, 0.25) is 0 Å². The van der Waals surface area contributed by atoms with Crippen LogP contribution in [-0.4, -0.2) is 0 Å². The van der Waals surface area contributed by atoms with E-state index in [0.717, 1.165) is 11.8 Å². The van der Waals surface area contributed by atoms with Crippen LogP contribution in [0.1, 0.15) is 32.6 Å². The molecule has 0 heteroatoms. The molecule has 60 valence electrons. The summed E-state index contributed by atoms with van der Waals surface area (Å²) in [4.78, 5) is 0. The zero-order valence-corrected chi connectivity index (χ0v) is 7.27. The number of fused-ring (bicyclic) bond motifs is 2. The van der Waals surface area contributed by atoms with Gasteiger partial charge in [0.1, 0.15) is 0 Å². The maximum Gasteiger partial charge on any atom is -0.0191 e. The average Bonchev–Trinajstić information content (AvgIpc) is 1.82. The second-order valence-corrected chi connectivity index (χ2v) is 4.24. The Kier molecular flexibility index (Phi) is 1.63. The van der Waals surface area contributed by atoms with Crippen molar-refractivity contribution < 1.29 is 0 Å². The van der Waals surface area contributed by atoms with Gasteiger partial charge in [-0.3, -0.25) is 0 Å². The van der Waals surface area contributed by atoms with Gasteiger partial charge >= 0.3 is 0 Å². The average molecular weight is 148 g/mol. The van der Waals surface area contributed by atoms with Crippen molar-refractivity contribution in [2.24, 2.45) is 11.8 Å². The molecule has 0 N–H and O–H groups in total. The molecule has 2 atom stereocenters. The van der Waals surface area contributed by atoms with Crippen LogP contribution in [-0.2, 0) is 0 Å². The lowest BCUT2D eigenvalue weighted by atomic mass is 9.72. The fourth-order valence-corrected chi connectivity index (χ4v) is 2.67. The lowest BCUT2D eigenvalue weighted by Crippen LogP contribution is -2.20. The molecule has 0 aliphatic heterocycles. The molecule has 11 heavy (non-hydrogen) atoms. The number of hydrogen-bond acceptors (Lipinski definition) is 0. The van der Waals surface area contributed by atoms with Crippen LogP contribution in [0.2, 0.25) is 0 Å². The quantitative estimate of drug-likeness (QED) is 0.462. The van der Waals surface area contributed by atoms with E-state index >= 15 is 0 Å². The Morgan fingerprint density at radius 3 is 2.91 bits per heavy atom. The largest absolute Gasteiger partial charge is 0.0998 e. The highest BCUT2D eigenvalue weighted by molar-refractivity contribution is 5.15. The fourth-order valence-electron chi connectivity index (χ4n) is 2.67. The molecule has 0 amide bonds. The van der Waals surface area contributed by atoms with Crippen LogP contribution in [0.4, 0.5) is 0 Å². The van der Waals surface area contributed by atoms with Crippen molar-refractivity contribution in [3.05, 3.63) is 23.8 Å². The summed E-state index contributed by atoms with van der Waals surface area (Å²) in [6.07, 6.45) is 7.77. The lowest BCUT2D eigenvalue weighted by molar-refractivity contribution is 0.337. The van der Waals surface area contributed by atoms with E-state index in [-0.39, 0.29) is 0 Å². The Balaban J connectivity index is 2.19. The summed E-state index contributed by atoms with van der Waals surface area (Å²) in [5.74, 6) is 1.78. The Bertz CT molecular complexity index is 210. The van der Waals surface area contributed by atoms with E-state index in [1.54, 1.807) is 5.57 Å². The van der Waals surface area contributed by atoms with Gasteiger partial charge in [-0.1, -0.05) is 23.8 Å². The molecule has 0 nitrogen and oxygen atoms in total. The van der Waals surface area contributed by atoms with Crippen molar-refractivity contribution >= 4 is 0 Å². The molecule has 0 saturated heterocycles. The SMILES string of the molecule is C=C1CC2C=C(C)CC(C1)C2. The maximum atomic E-state index is 4.09. The Labute approximate surface area is 69.0 Å². The predicted molar refractivity (Wildman–Crippen MR) is 48.3 cm³/mol. The molecule has 0 aromatic carbocycles. The maximum absolute atomic E-state index is 4.09. The molecule has 0 heterocycles. The summed E-state index contributed by atoms with van der Waals surface area (Å²) >= 11 is 0.